The number of nitrogens with one attached hydrogen (secondary N) is 1. The molecule has 1 heterocycles. The van der Waals surface area contributed by atoms with Crippen LogP contribution in [0.1, 0.15) is 65.9 Å². The third kappa shape index (κ3) is 7.54. The van der Waals surface area contributed by atoms with Gasteiger partial charge in [0.2, 0.25) is 0 Å². The number of hydrogen-bond acceptors (Lipinski definition) is 3. The Morgan fingerprint density at radius 2 is 1.97 bits per heavy atom. The van der Waals surface area contributed by atoms with Gasteiger partial charge in [0.1, 0.15) is 13.4 Å². The van der Waals surface area contributed by atoms with E-state index in [-0.39, 0.29) is 12.1 Å². The minimum absolute atomic E-state index is 0.207. The fourth-order valence-corrected chi connectivity index (χ4v) is 3.36. The maximum Gasteiger partial charge on any atom is 0.410 e. The summed E-state index contributed by atoms with van der Waals surface area (Å²) in [5, 5.41) is 5.58. The molecule has 5 nitrogen and oxygen atoms in total. The number of rotatable bonds is 4. The van der Waals surface area contributed by atoms with E-state index in [4.69, 9.17) is 17.6 Å². The molecule has 0 atom stereocenters. The van der Waals surface area contributed by atoms with Gasteiger partial charge in [-0.3, -0.25) is 4.99 Å². The Kier molecular flexibility index (Phi) is 8.57. The van der Waals surface area contributed by atoms with Gasteiger partial charge in [-0.25, -0.2) is 4.79 Å². The average molecular weight is 409 g/mol. The van der Waals surface area contributed by atoms with E-state index >= 15 is 0 Å². The first-order valence-corrected chi connectivity index (χ1v) is 10.9. The quantitative estimate of drug-likeness (QED) is 0.473. The van der Waals surface area contributed by atoms with Crippen molar-refractivity contribution in [3.63, 3.8) is 0 Å². The minimum Gasteiger partial charge on any atom is -0.444 e. The van der Waals surface area contributed by atoms with Crippen molar-refractivity contribution >= 4 is 37.5 Å². The first-order valence-electron chi connectivity index (χ1n) is 10.9. The van der Waals surface area contributed by atoms with Crippen LogP contribution in [0.3, 0.4) is 0 Å². The molecule has 1 aromatic carbocycles. The number of amidine groups is 1. The summed E-state index contributed by atoms with van der Waals surface area (Å²) in [6.07, 6.45) is 7.81. The number of carbonyl (C=O) groups excluding carboxylic acids is 1. The molecular formula is C24H36BN3O2. The summed E-state index contributed by atoms with van der Waals surface area (Å²) in [6, 6.07) is 4.35. The standard InChI is InChI=1S/C24H36BN3O2/c1-7-8-9-19-14-17(2)22(25)15-20(19)16-26-18(3)27-21-10-12-28(13-11-21)23(29)30-24(4,5)6/h9,14-16,21H,7-8,10-13H2,1-6H3,(H,26,27)/b19-9+,20-16-. The molecule has 0 aromatic heterocycles. The third-order valence-electron chi connectivity index (χ3n) is 5.05. The molecule has 162 valence electrons. The van der Waals surface area contributed by atoms with Crippen molar-refractivity contribution in [3.05, 3.63) is 28.1 Å². The van der Waals surface area contributed by atoms with Crippen molar-refractivity contribution in [1.82, 2.24) is 10.2 Å². The number of amides is 1. The van der Waals surface area contributed by atoms with E-state index in [1.165, 1.54) is 5.22 Å². The number of aryl methyl sites for hydroxylation is 1. The highest BCUT2D eigenvalue weighted by atomic mass is 16.6. The van der Waals surface area contributed by atoms with Crippen molar-refractivity contribution < 1.29 is 9.53 Å². The molecule has 6 heteroatoms. The van der Waals surface area contributed by atoms with Crippen molar-refractivity contribution in [2.45, 2.75) is 78.9 Å². The van der Waals surface area contributed by atoms with Crippen LogP contribution < -0.4 is 21.2 Å². The second-order valence-electron chi connectivity index (χ2n) is 9.03. The number of hydrogen-bond donors (Lipinski definition) is 1. The SMILES string of the molecule is [B]c1cc(=C/NC(C)=NC2CCN(C(=O)OC(C)(C)C)CC2)/c(=C/CCC)cc1C. The van der Waals surface area contributed by atoms with Gasteiger partial charge in [0.25, 0.3) is 0 Å². The molecule has 1 aliphatic heterocycles. The Bertz CT molecular complexity index is 879. The largest absolute Gasteiger partial charge is 0.444 e. The van der Waals surface area contributed by atoms with Crippen molar-refractivity contribution in [1.29, 1.82) is 0 Å². The van der Waals surface area contributed by atoms with Gasteiger partial charge in [0.05, 0.1) is 11.9 Å². The van der Waals surface area contributed by atoms with Crippen molar-refractivity contribution in [2.75, 3.05) is 13.1 Å². The van der Waals surface area contributed by atoms with E-state index in [2.05, 4.69) is 24.4 Å². The van der Waals surface area contributed by atoms with E-state index in [0.717, 1.165) is 47.8 Å². The molecule has 2 rings (SSSR count). The molecule has 1 N–H and O–H groups in total. The maximum atomic E-state index is 12.2. The second kappa shape index (κ2) is 10.7. The summed E-state index contributed by atoms with van der Waals surface area (Å²) < 4.78 is 5.46. The lowest BCUT2D eigenvalue weighted by Gasteiger charge is -2.32. The fourth-order valence-electron chi connectivity index (χ4n) is 3.36. The van der Waals surface area contributed by atoms with Crippen LogP contribution in [0.15, 0.2) is 17.1 Å². The highest BCUT2D eigenvalue weighted by Gasteiger charge is 2.26. The van der Waals surface area contributed by atoms with Gasteiger partial charge in [-0.2, -0.15) is 0 Å². The van der Waals surface area contributed by atoms with E-state index < -0.39 is 5.60 Å². The smallest absolute Gasteiger partial charge is 0.410 e. The summed E-state index contributed by atoms with van der Waals surface area (Å²) >= 11 is 0. The van der Waals surface area contributed by atoms with Crippen molar-refractivity contribution in [2.24, 2.45) is 4.99 Å². The Morgan fingerprint density at radius 1 is 1.30 bits per heavy atom. The van der Waals surface area contributed by atoms with Crippen LogP contribution >= 0.6 is 0 Å². The Balaban J connectivity index is 2.02. The minimum atomic E-state index is -0.463. The monoisotopic (exact) mass is 409 g/mol. The molecule has 1 aromatic rings. The molecule has 0 saturated carbocycles. The fraction of sp³-hybridized carbons (Fsp3) is 0.583. The molecule has 0 unspecified atom stereocenters. The number of benzene rings is 1. The maximum absolute atomic E-state index is 12.2. The molecular weight excluding hydrogens is 373 g/mol. The van der Waals surface area contributed by atoms with Gasteiger partial charge in [-0.05, 0) is 64.3 Å². The van der Waals surface area contributed by atoms with Crippen molar-refractivity contribution in [3.8, 4) is 0 Å². The number of piperidine rings is 1. The number of unbranched alkanes of at least 4 members (excludes halogenated alkanes) is 1. The van der Waals surface area contributed by atoms with Gasteiger partial charge in [0.15, 0.2) is 0 Å². The Morgan fingerprint density at radius 3 is 2.57 bits per heavy atom. The summed E-state index contributed by atoms with van der Waals surface area (Å²) in [6.45, 7) is 13.2. The molecule has 1 aliphatic rings. The zero-order valence-electron chi connectivity index (χ0n) is 19.4. The Hall–Kier alpha value is -2.24. The number of carbonyl (C=O) groups is 1. The van der Waals surface area contributed by atoms with Gasteiger partial charge in [-0.15, -0.1) is 0 Å². The summed E-state index contributed by atoms with van der Waals surface area (Å²) in [5.41, 5.74) is 1.42. The number of likely N-dealkylation sites (tertiary alicyclic amines) is 1. The summed E-state index contributed by atoms with van der Waals surface area (Å²) in [7, 11) is 6.12. The molecule has 30 heavy (non-hydrogen) atoms. The van der Waals surface area contributed by atoms with Gasteiger partial charge in [0, 0.05) is 19.3 Å². The molecule has 1 amide bonds. The van der Waals surface area contributed by atoms with Gasteiger partial charge < -0.3 is 15.0 Å². The van der Waals surface area contributed by atoms with E-state index in [1.54, 1.807) is 4.90 Å². The first-order chi connectivity index (χ1) is 14.1. The van der Waals surface area contributed by atoms with Crippen LogP contribution in [-0.2, 0) is 4.74 Å². The van der Waals surface area contributed by atoms with Crippen LogP contribution in [0.25, 0.3) is 12.3 Å². The summed E-state index contributed by atoms with van der Waals surface area (Å²) in [5.74, 6) is 0.867. The topological polar surface area (TPSA) is 53.9 Å². The molecule has 0 spiro atoms. The summed E-state index contributed by atoms with van der Waals surface area (Å²) in [4.78, 5) is 18.8. The van der Waals surface area contributed by atoms with Crippen LogP contribution in [0.4, 0.5) is 4.79 Å². The zero-order valence-corrected chi connectivity index (χ0v) is 19.4. The lowest BCUT2D eigenvalue weighted by atomic mass is 9.90. The van der Waals surface area contributed by atoms with Gasteiger partial charge >= 0.3 is 6.09 Å². The van der Waals surface area contributed by atoms with Crippen LogP contribution in [0, 0.1) is 6.92 Å². The first kappa shape index (κ1) is 24.0. The predicted molar refractivity (Wildman–Crippen MR) is 127 cm³/mol. The number of aliphatic imine (C=N–C) groups is 1. The van der Waals surface area contributed by atoms with E-state index in [0.29, 0.717) is 13.1 Å². The predicted octanol–water partition coefficient (Wildman–Crippen LogP) is 2.51. The highest BCUT2D eigenvalue weighted by Crippen LogP contribution is 2.17. The van der Waals surface area contributed by atoms with E-state index in [9.17, 15) is 4.79 Å². The third-order valence-corrected chi connectivity index (χ3v) is 5.05. The molecule has 0 aliphatic carbocycles. The highest BCUT2D eigenvalue weighted by molar-refractivity contribution is 6.33. The van der Waals surface area contributed by atoms with E-state index in [1.807, 2.05) is 46.9 Å². The van der Waals surface area contributed by atoms with Crippen LogP contribution in [0.2, 0.25) is 0 Å². The zero-order chi connectivity index (χ0) is 22.3. The van der Waals surface area contributed by atoms with Crippen LogP contribution in [-0.4, -0.2) is 49.4 Å². The lowest BCUT2D eigenvalue weighted by Crippen LogP contribution is -2.42. The number of nitrogens with zero attached hydrogens (tertiary/aromatic N) is 2. The average Bonchev–Trinajstić information content (AvgIpc) is 2.66. The lowest BCUT2D eigenvalue weighted by molar-refractivity contribution is 0.0207. The Labute approximate surface area is 182 Å². The number of ether oxygens (including phenoxy) is 1. The molecule has 1 fully saturated rings. The normalized spacial score (nSPS) is 17.4. The molecule has 0 bridgehead atoms. The molecule has 2 radical (unpaired) electrons. The van der Waals surface area contributed by atoms with Gasteiger partial charge in [-0.1, -0.05) is 42.6 Å². The van der Waals surface area contributed by atoms with Crippen LogP contribution in [0.5, 0.6) is 0 Å². The molecule has 1 saturated heterocycles. The second-order valence-corrected chi connectivity index (χ2v) is 9.03.